The van der Waals surface area contributed by atoms with Crippen molar-refractivity contribution in [3.05, 3.63) is 83.4 Å². The number of amides is 1. The SMILES string of the molecule is CC(C)c1ccc(Nc2nccc(C(=O)NCCc3ccccc3F)n2)cc1. The van der Waals surface area contributed by atoms with Crippen molar-refractivity contribution in [2.75, 3.05) is 11.9 Å². The highest BCUT2D eigenvalue weighted by Crippen LogP contribution is 2.19. The summed E-state index contributed by atoms with van der Waals surface area (Å²) in [5.41, 5.74) is 2.92. The summed E-state index contributed by atoms with van der Waals surface area (Å²) in [6.45, 7) is 4.60. The summed E-state index contributed by atoms with van der Waals surface area (Å²) in [5.74, 6) is 0.214. The van der Waals surface area contributed by atoms with Crippen LogP contribution in [0.2, 0.25) is 0 Å². The van der Waals surface area contributed by atoms with Crippen molar-refractivity contribution < 1.29 is 9.18 Å². The van der Waals surface area contributed by atoms with Crippen LogP contribution in [-0.2, 0) is 6.42 Å². The summed E-state index contributed by atoms with van der Waals surface area (Å²) in [7, 11) is 0. The van der Waals surface area contributed by atoms with Crippen LogP contribution < -0.4 is 10.6 Å². The van der Waals surface area contributed by atoms with Crippen molar-refractivity contribution in [1.29, 1.82) is 0 Å². The molecule has 0 atom stereocenters. The minimum absolute atomic E-state index is 0.254. The van der Waals surface area contributed by atoms with Gasteiger partial charge in [0.1, 0.15) is 11.5 Å². The molecule has 6 heteroatoms. The third kappa shape index (κ3) is 5.13. The Morgan fingerprint density at radius 3 is 2.54 bits per heavy atom. The Hall–Kier alpha value is -3.28. The summed E-state index contributed by atoms with van der Waals surface area (Å²) in [4.78, 5) is 20.7. The second-order valence-electron chi connectivity index (χ2n) is 6.76. The maximum atomic E-state index is 13.6. The molecule has 0 aliphatic rings. The van der Waals surface area contributed by atoms with Crippen molar-refractivity contribution in [1.82, 2.24) is 15.3 Å². The van der Waals surface area contributed by atoms with Gasteiger partial charge < -0.3 is 10.6 Å². The number of carbonyl (C=O) groups is 1. The van der Waals surface area contributed by atoms with Gasteiger partial charge in [-0.1, -0.05) is 44.2 Å². The quantitative estimate of drug-likeness (QED) is 0.637. The molecule has 3 rings (SSSR count). The third-order valence-electron chi connectivity index (χ3n) is 4.36. The first-order valence-corrected chi connectivity index (χ1v) is 9.24. The van der Waals surface area contributed by atoms with Gasteiger partial charge in [-0.3, -0.25) is 4.79 Å². The molecule has 2 N–H and O–H groups in total. The van der Waals surface area contributed by atoms with Gasteiger partial charge in [0.15, 0.2) is 0 Å². The molecule has 0 radical (unpaired) electrons. The van der Waals surface area contributed by atoms with Crippen molar-refractivity contribution >= 4 is 17.5 Å². The maximum absolute atomic E-state index is 13.6. The van der Waals surface area contributed by atoms with E-state index in [0.29, 0.717) is 30.4 Å². The molecule has 2 aromatic carbocycles. The second-order valence-corrected chi connectivity index (χ2v) is 6.76. The van der Waals surface area contributed by atoms with Crippen LogP contribution >= 0.6 is 0 Å². The Kier molecular flexibility index (Phi) is 6.32. The summed E-state index contributed by atoms with van der Waals surface area (Å²) in [6, 6.07) is 16.1. The highest BCUT2D eigenvalue weighted by atomic mass is 19.1. The van der Waals surface area contributed by atoms with Gasteiger partial charge in [-0.05, 0) is 47.7 Å². The molecule has 28 heavy (non-hydrogen) atoms. The molecule has 3 aromatic rings. The fraction of sp³-hybridized carbons (Fsp3) is 0.227. The monoisotopic (exact) mass is 378 g/mol. The standard InChI is InChI=1S/C22H23FN4O/c1-15(2)16-7-9-18(10-8-16)26-22-25-14-12-20(27-22)21(28)24-13-11-17-5-3-4-6-19(17)23/h3-10,12,14-15H,11,13H2,1-2H3,(H,24,28)(H,25,26,27). The maximum Gasteiger partial charge on any atom is 0.270 e. The van der Waals surface area contributed by atoms with Gasteiger partial charge in [-0.25, -0.2) is 14.4 Å². The largest absolute Gasteiger partial charge is 0.350 e. The average molecular weight is 378 g/mol. The minimum atomic E-state index is -0.322. The van der Waals surface area contributed by atoms with E-state index >= 15 is 0 Å². The number of nitrogens with one attached hydrogen (secondary N) is 2. The van der Waals surface area contributed by atoms with E-state index in [9.17, 15) is 9.18 Å². The van der Waals surface area contributed by atoms with Gasteiger partial charge in [-0.2, -0.15) is 0 Å². The van der Waals surface area contributed by atoms with E-state index in [1.165, 1.54) is 17.8 Å². The first kappa shape index (κ1) is 19.5. The Morgan fingerprint density at radius 2 is 1.82 bits per heavy atom. The predicted octanol–water partition coefficient (Wildman–Crippen LogP) is 4.46. The summed E-state index contributed by atoms with van der Waals surface area (Å²) in [5, 5.41) is 5.86. The summed E-state index contributed by atoms with van der Waals surface area (Å²) >= 11 is 0. The number of rotatable bonds is 7. The molecule has 5 nitrogen and oxygen atoms in total. The van der Waals surface area contributed by atoms with E-state index < -0.39 is 0 Å². The zero-order valence-corrected chi connectivity index (χ0v) is 15.9. The van der Waals surface area contributed by atoms with Crippen LogP contribution in [0.25, 0.3) is 0 Å². The van der Waals surface area contributed by atoms with Crippen LogP contribution in [0.4, 0.5) is 16.0 Å². The molecule has 0 unspecified atom stereocenters. The molecule has 0 spiro atoms. The van der Waals surface area contributed by atoms with Gasteiger partial charge in [0, 0.05) is 18.4 Å². The summed E-state index contributed by atoms with van der Waals surface area (Å²) < 4.78 is 13.6. The lowest BCUT2D eigenvalue weighted by Crippen LogP contribution is -2.27. The zero-order valence-electron chi connectivity index (χ0n) is 15.9. The van der Waals surface area contributed by atoms with Gasteiger partial charge in [0.25, 0.3) is 5.91 Å². The van der Waals surface area contributed by atoms with Crippen LogP contribution in [0.1, 0.15) is 41.4 Å². The first-order chi connectivity index (χ1) is 13.5. The van der Waals surface area contributed by atoms with E-state index in [1.54, 1.807) is 24.3 Å². The van der Waals surface area contributed by atoms with Crippen LogP contribution in [0.5, 0.6) is 0 Å². The molecule has 0 aliphatic heterocycles. The molecular formula is C22H23FN4O. The Morgan fingerprint density at radius 1 is 1.07 bits per heavy atom. The number of halogens is 1. The summed E-state index contributed by atoms with van der Waals surface area (Å²) in [6.07, 6.45) is 1.94. The van der Waals surface area contributed by atoms with Crippen molar-refractivity contribution in [3.8, 4) is 0 Å². The van der Waals surface area contributed by atoms with Gasteiger partial charge in [-0.15, -0.1) is 0 Å². The number of benzene rings is 2. The van der Waals surface area contributed by atoms with Gasteiger partial charge in [0.05, 0.1) is 0 Å². The Labute approximate surface area is 164 Å². The molecule has 0 saturated carbocycles. The number of aromatic nitrogens is 2. The minimum Gasteiger partial charge on any atom is -0.350 e. The van der Waals surface area contributed by atoms with Crippen LogP contribution in [-0.4, -0.2) is 22.4 Å². The predicted molar refractivity (Wildman–Crippen MR) is 108 cm³/mol. The van der Waals surface area contributed by atoms with Crippen LogP contribution in [0.3, 0.4) is 0 Å². The molecular weight excluding hydrogens is 355 g/mol. The molecule has 1 amide bonds. The van der Waals surface area contributed by atoms with Crippen molar-refractivity contribution in [2.24, 2.45) is 0 Å². The molecule has 144 valence electrons. The van der Waals surface area contributed by atoms with Gasteiger partial charge >= 0.3 is 0 Å². The fourth-order valence-corrected chi connectivity index (χ4v) is 2.73. The topological polar surface area (TPSA) is 66.9 Å². The zero-order chi connectivity index (χ0) is 19.9. The van der Waals surface area contributed by atoms with Crippen molar-refractivity contribution in [3.63, 3.8) is 0 Å². The Bertz CT molecular complexity index is 941. The van der Waals surface area contributed by atoms with E-state index in [0.717, 1.165) is 5.69 Å². The molecule has 0 bridgehead atoms. The van der Waals surface area contributed by atoms with Crippen LogP contribution in [0, 0.1) is 5.82 Å². The highest BCUT2D eigenvalue weighted by molar-refractivity contribution is 5.92. The number of hydrogen-bond acceptors (Lipinski definition) is 4. The lowest BCUT2D eigenvalue weighted by atomic mass is 10.0. The van der Waals surface area contributed by atoms with E-state index in [4.69, 9.17) is 0 Å². The molecule has 0 saturated heterocycles. The molecule has 1 aromatic heterocycles. The van der Waals surface area contributed by atoms with Gasteiger partial charge in [0.2, 0.25) is 5.95 Å². The average Bonchev–Trinajstić information content (AvgIpc) is 2.70. The van der Waals surface area contributed by atoms with Crippen LogP contribution in [0.15, 0.2) is 60.8 Å². The fourth-order valence-electron chi connectivity index (χ4n) is 2.73. The van der Waals surface area contributed by atoms with Crippen molar-refractivity contribution in [2.45, 2.75) is 26.2 Å². The number of nitrogens with zero attached hydrogens (tertiary/aromatic N) is 2. The first-order valence-electron chi connectivity index (χ1n) is 9.24. The lowest BCUT2D eigenvalue weighted by Gasteiger charge is -2.09. The van der Waals surface area contributed by atoms with E-state index in [1.807, 2.05) is 24.3 Å². The molecule has 0 fully saturated rings. The number of anilines is 2. The lowest BCUT2D eigenvalue weighted by molar-refractivity contribution is 0.0949. The smallest absolute Gasteiger partial charge is 0.270 e. The third-order valence-corrected chi connectivity index (χ3v) is 4.36. The van der Waals surface area contributed by atoms with E-state index in [2.05, 4.69) is 34.4 Å². The normalized spacial score (nSPS) is 10.7. The second kappa shape index (κ2) is 9.08. The molecule has 1 heterocycles. The van der Waals surface area contributed by atoms with E-state index in [-0.39, 0.29) is 17.4 Å². The highest BCUT2D eigenvalue weighted by Gasteiger charge is 2.09. The molecule has 0 aliphatic carbocycles. The number of hydrogen-bond donors (Lipinski definition) is 2. The number of carbonyl (C=O) groups excluding carboxylic acids is 1. The Balaban J connectivity index is 1.59.